The SMILES string of the molecule is C=C(C)C(=O)OC(C1CCCC1)(C(F)(F)F)C(F)(F)F. The first-order valence-electron chi connectivity index (χ1n) is 5.95. The summed E-state index contributed by atoms with van der Waals surface area (Å²) in [4.78, 5) is 11.3. The Labute approximate surface area is 111 Å². The fourth-order valence-electron chi connectivity index (χ4n) is 2.39. The number of esters is 1. The zero-order valence-electron chi connectivity index (χ0n) is 10.7. The molecule has 0 radical (unpaired) electrons. The first kappa shape index (κ1) is 16.8. The Morgan fingerprint density at radius 2 is 1.45 bits per heavy atom. The molecule has 0 aromatic heterocycles. The second-order valence-electron chi connectivity index (χ2n) is 4.88. The molecule has 0 unspecified atom stereocenters. The van der Waals surface area contributed by atoms with Crippen LogP contribution >= 0.6 is 0 Å². The fraction of sp³-hybridized carbons (Fsp3) is 0.750. The van der Waals surface area contributed by atoms with E-state index in [0.29, 0.717) is 0 Å². The van der Waals surface area contributed by atoms with Gasteiger partial charge in [-0.2, -0.15) is 26.3 Å². The van der Waals surface area contributed by atoms with Crippen LogP contribution in [-0.4, -0.2) is 23.9 Å². The van der Waals surface area contributed by atoms with E-state index < -0.39 is 35.4 Å². The Balaban J connectivity index is 3.34. The maximum absolute atomic E-state index is 13.1. The van der Waals surface area contributed by atoms with E-state index in [-0.39, 0.29) is 25.7 Å². The van der Waals surface area contributed by atoms with Gasteiger partial charge in [0.15, 0.2) is 0 Å². The van der Waals surface area contributed by atoms with E-state index in [2.05, 4.69) is 11.3 Å². The van der Waals surface area contributed by atoms with Crippen LogP contribution in [0.1, 0.15) is 32.6 Å². The quantitative estimate of drug-likeness (QED) is 0.444. The molecule has 0 spiro atoms. The molecular weight excluding hydrogens is 290 g/mol. The first-order chi connectivity index (χ1) is 8.93. The molecule has 1 rings (SSSR count). The predicted octanol–water partition coefficient (Wildman–Crippen LogP) is 4.16. The van der Waals surface area contributed by atoms with Crippen molar-refractivity contribution in [3.05, 3.63) is 12.2 Å². The average Bonchev–Trinajstić information content (AvgIpc) is 2.74. The smallest absolute Gasteiger partial charge is 0.436 e. The fourth-order valence-corrected chi connectivity index (χ4v) is 2.39. The number of hydrogen-bond acceptors (Lipinski definition) is 2. The highest BCUT2D eigenvalue weighted by Crippen LogP contribution is 2.54. The van der Waals surface area contributed by atoms with Crippen molar-refractivity contribution in [3.8, 4) is 0 Å². The van der Waals surface area contributed by atoms with Crippen LogP contribution in [-0.2, 0) is 9.53 Å². The summed E-state index contributed by atoms with van der Waals surface area (Å²) >= 11 is 0. The molecule has 1 saturated carbocycles. The van der Waals surface area contributed by atoms with Crippen LogP contribution in [0.2, 0.25) is 0 Å². The molecule has 0 bridgehead atoms. The molecular formula is C12H14F6O2. The average molecular weight is 304 g/mol. The lowest BCUT2D eigenvalue weighted by Gasteiger charge is -2.40. The van der Waals surface area contributed by atoms with Crippen molar-refractivity contribution >= 4 is 5.97 Å². The van der Waals surface area contributed by atoms with Crippen LogP contribution in [0.15, 0.2) is 12.2 Å². The van der Waals surface area contributed by atoms with Crippen LogP contribution in [0, 0.1) is 5.92 Å². The number of rotatable bonds is 3. The zero-order chi connectivity index (χ0) is 15.8. The minimum Gasteiger partial charge on any atom is -0.436 e. The van der Waals surface area contributed by atoms with Gasteiger partial charge in [0.05, 0.1) is 0 Å². The van der Waals surface area contributed by atoms with E-state index in [1.807, 2.05) is 0 Å². The van der Waals surface area contributed by atoms with E-state index in [1.165, 1.54) is 0 Å². The normalized spacial score (nSPS) is 18.1. The molecule has 0 atom stereocenters. The summed E-state index contributed by atoms with van der Waals surface area (Å²) in [6.45, 7) is 4.02. The topological polar surface area (TPSA) is 26.3 Å². The van der Waals surface area contributed by atoms with Gasteiger partial charge in [0, 0.05) is 11.5 Å². The molecule has 0 aromatic carbocycles. The van der Waals surface area contributed by atoms with Gasteiger partial charge in [0.25, 0.3) is 0 Å². The van der Waals surface area contributed by atoms with Gasteiger partial charge in [0.2, 0.25) is 0 Å². The molecule has 0 saturated heterocycles. The highest BCUT2D eigenvalue weighted by atomic mass is 19.4. The zero-order valence-corrected chi connectivity index (χ0v) is 10.7. The van der Waals surface area contributed by atoms with Gasteiger partial charge in [-0.15, -0.1) is 0 Å². The highest BCUT2D eigenvalue weighted by molar-refractivity contribution is 5.87. The number of alkyl halides is 6. The van der Waals surface area contributed by atoms with Gasteiger partial charge in [-0.05, 0) is 19.8 Å². The summed E-state index contributed by atoms with van der Waals surface area (Å²) in [6, 6.07) is 0. The first-order valence-corrected chi connectivity index (χ1v) is 5.95. The summed E-state index contributed by atoms with van der Waals surface area (Å²) in [5.74, 6) is -3.50. The number of halogens is 6. The van der Waals surface area contributed by atoms with Crippen molar-refractivity contribution in [1.82, 2.24) is 0 Å². The molecule has 2 nitrogen and oxygen atoms in total. The largest absolute Gasteiger partial charge is 0.437 e. The number of ether oxygens (including phenoxy) is 1. The van der Waals surface area contributed by atoms with Crippen LogP contribution in [0.5, 0.6) is 0 Å². The summed E-state index contributed by atoms with van der Waals surface area (Å²) in [7, 11) is 0. The van der Waals surface area contributed by atoms with E-state index in [1.54, 1.807) is 0 Å². The second-order valence-corrected chi connectivity index (χ2v) is 4.88. The second kappa shape index (κ2) is 5.29. The van der Waals surface area contributed by atoms with Crippen molar-refractivity contribution in [2.24, 2.45) is 5.92 Å². The summed E-state index contributed by atoms with van der Waals surface area (Å²) in [6.07, 6.45) is -11.6. The lowest BCUT2D eigenvalue weighted by Crippen LogP contribution is -2.63. The Hall–Kier alpha value is -1.21. The van der Waals surface area contributed by atoms with Crippen molar-refractivity contribution in [2.75, 3.05) is 0 Å². The van der Waals surface area contributed by atoms with Gasteiger partial charge in [0.1, 0.15) is 0 Å². The Morgan fingerprint density at radius 1 is 1.05 bits per heavy atom. The van der Waals surface area contributed by atoms with E-state index in [0.717, 1.165) is 6.92 Å². The summed E-state index contributed by atoms with van der Waals surface area (Å²) in [5, 5.41) is 0. The molecule has 0 heterocycles. The molecule has 116 valence electrons. The van der Waals surface area contributed by atoms with E-state index in [9.17, 15) is 31.1 Å². The van der Waals surface area contributed by atoms with Crippen LogP contribution < -0.4 is 0 Å². The maximum atomic E-state index is 13.1. The summed E-state index contributed by atoms with van der Waals surface area (Å²) < 4.78 is 82.6. The minimum absolute atomic E-state index is 0.239. The molecule has 0 amide bonds. The highest BCUT2D eigenvalue weighted by Gasteiger charge is 2.77. The number of carbonyl (C=O) groups excluding carboxylic acids is 1. The van der Waals surface area contributed by atoms with E-state index >= 15 is 0 Å². The predicted molar refractivity (Wildman–Crippen MR) is 57.7 cm³/mol. The Bertz CT molecular complexity index is 376. The molecule has 8 heteroatoms. The van der Waals surface area contributed by atoms with Crippen molar-refractivity contribution in [1.29, 1.82) is 0 Å². The standard InChI is InChI=1S/C12H14F6O2/c1-7(2)9(19)20-10(11(13,14)15,12(16,17)18)8-5-3-4-6-8/h8H,1,3-6H2,2H3. The summed E-state index contributed by atoms with van der Waals surface area (Å²) in [5.41, 5.74) is -4.96. The van der Waals surface area contributed by atoms with Crippen molar-refractivity contribution in [3.63, 3.8) is 0 Å². The molecule has 1 aliphatic rings. The van der Waals surface area contributed by atoms with Crippen LogP contribution in [0.4, 0.5) is 26.3 Å². The Kier molecular flexibility index (Phi) is 4.46. The van der Waals surface area contributed by atoms with Gasteiger partial charge < -0.3 is 4.74 Å². The number of carbonyl (C=O) groups is 1. The molecule has 1 fully saturated rings. The molecule has 0 N–H and O–H groups in total. The molecule has 0 aliphatic heterocycles. The van der Waals surface area contributed by atoms with Crippen molar-refractivity contribution < 1.29 is 35.9 Å². The lowest BCUT2D eigenvalue weighted by molar-refractivity contribution is -0.384. The monoisotopic (exact) mass is 304 g/mol. The van der Waals surface area contributed by atoms with Gasteiger partial charge in [-0.3, -0.25) is 0 Å². The van der Waals surface area contributed by atoms with Crippen molar-refractivity contribution in [2.45, 2.75) is 50.6 Å². The maximum Gasteiger partial charge on any atom is 0.437 e. The molecule has 1 aliphatic carbocycles. The van der Waals surface area contributed by atoms with Gasteiger partial charge in [-0.1, -0.05) is 19.4 Å². The van der Waals surface area contributed by atoms with Crippen LogP contribution in [0.3, 0.4) is 0 Å². The molecule has 20 heavy (non-hydrogen) atoms. The molecule has 0 aromatic rings. The Morgan fingerprint density at radius 3 is 1.75 bits per heavy atom. The minimum atomic E-state index is -5.73. The van der Waals surface area contributed by atoms with Crippen LogP contribution in [0.25, 0.3) is 0 Å². The third-order valence-electron chi connectivity index (χ3n) is 3.37. The lowest BCUT2D eigenvalue weighted by atomic mass is 9.84. The third kappa shape index (κ3) is 2.78. The van der Waals surface area contributed by atoms with E-state index in [4.69, 9.17) is 0 Å². The van der Waals surface area contributed by atoms with Gasteiger partial charge >= 0.3 is 23.9 Å². The third-order valence-corrected chi connectivity index (χ3v) is 3.37. The number of hydrogen-bond donors (Lipinski definition) is 0. The van der Waals surface area contributed by atoms with Gasteiger partial charge in [-0.25, -0.2) is 4.79 Å².